The van der Waals surface area contributed by atoms with Crippen LogP contribution in [0, 0.1) is 6.92 Å². The van der Waals surface area contributed by atoms with Gasteiger partial charge in [-0.25, -0.2) is 0 Å². The van der Waals surface area contributed by atoms with E-state index >= 15 is 0 Å². The number of hydrogen-bond acceptors (Lipinski definition) is 3. The number of aromatic nitrogens is 2. The zero-order valence-corrected chi connectivity index (χ0v) is 11.5. The lowest BCUT2D eigenvalue weighted by atomic mass is 10.1. The Bertz CT molecular complexity index is 507. The van der Waals surface area contributed by atoms with Crippen LogP contribution < -0.4 is 5.32 Å². The highest BCUT2D eigenvalue weighted by Gasteiger charge is 2.09. The Hall–Kier alpha value is -1.65. The second-order valence-electron chi connectivity index (χ2n) is 4.86. The van der Waals surface area contributed by atoms with Crippen LogP contribution in [-0.2, 0) is 20.0 Å². The Kier molecular flexibility index (Phi) is 4.71. The summed E-state index contributed by atoms with van der Waals surface area (Å²) in [5, 5.41) is 17.2. The van der Waals surface area contributed by atoms with Crippen LogP contribution in [0.3, 0.4) is 0 Å². The van der Waals surface area contributed by atoms with Crippen molar-refractivity contribution >= 4 is 0 Å². The third-order valence-corrected chi connectivity index (χ3v) is 3.24. The first-order valence-corrected chi connectivity index (χ1v) is 6.56. The number of benzene rings is 1. The molecule has 19 heavy (non-hydrogen) atoms. The third-order valence-electron chi connectivity index (χ3n) is 3.24. The van der Waals surface area contributed by atoms with E-state index in [1.54, 1.807) is 0 Å². The minimum atomic E-state index is 0.0713. The molecule has 0 saturated carbocycles. The zero-order chi connectivity index (χ0) is 13.7. The van der Waals surface area contributed by atoms with E-state index in [4.69, 9.17) is 0 Å². The standard InChI is InChI=1S/C15H21N3O/c1-12-14(10-18(2)17-12)9-16-15(11-19)8-13-6-4-3-5-7-13/h3-7,10,15-16,19H,8-9,11H2,1-2H3/t15-/m0/s1. The monoisotopic (exact) mass is 259 g/mol. The highest BCUT2D eigenvalue weighted by Crippen LogP contribution is 2.07. The van der Waals surface area contributed by atoms with Crippen LogP contribution in [0.15, 0.2) is 36.5 Å². The van der Waals surface area contributed by atoms with Crippen LogP contribution in [0.2, 0.25) is 0 Å². The number of aliphatic hydroxyl groups is 1. The van der Waals surface area contributed by atoms with Crippen molar-refractivity contribution in [2.75, 3.05) is 6.61 Å². The maximum absolute atomic E-state index is 9.46. The van der Waals surface area contributed by atoms with Crippen LogP contribution in [0.4, 0.5) is 0 Å². The summed E-state index contributed by atoms with van der Waals surface area (Å²) in [4.78, 5) is 0. The SMILES string of the molecule is Cc1nn(C)cc1CN[C@H](CO)Cc1ccccc1. The Morgan fingerprint density at radius 1 is 1.32 bits per heavy atom. The molecule has 0 aliphatic carbocycles. The number of aliphatic hydroxyl groups excluding tert-OH is 1. The van der Waals surface area contributed by atoms with E-state index < -0.39 is 0 Å². The van der Waals surface area contributed by atoms with Crippen molar-refractivity contribution in [2.45, 2.75) is 25.9 Å². The van der Waals surface area contributed by atoms with Gasteiger partial charge in [0.05, 0.1) is 12.3 Å². The first kappa shape index (κ1) is 13.8. The molecule has 1 aromatic heterocycles. The van der Waals surface area contributed by atoms with Crippen molar-refractivity contribution in [2.24, 2.45) is 7.05 Å². The second kappa shape index (κ2) is 6.50. The van der Waals surface area contributed by atoms with Crippen molar-refractivity contribution in [3.8, 4) is 0 Å². The molecule has 1 atom stereocenters. The van der Waals surface area contributed by atoms with Gasteiger partial charge in [-0.05, 0) is 18.9 Å². The molecule has 0 aliphatic rings. The molecule has 2 aromatic rings. The van der Waals surface area contributed by atoms with Gasteiger partial charge < -0.3 is 10.4 Å². The fourth-order valence-electron chi connectivity index (χ4n) is 2.18. The fourth-order valence-corrected chi connectivity index (χ4v) is 2.18. The maximum atomic E-state index is 9.46. The number of nitrogens with zero attached hydrogens (tertiary/aromatic N) is 2. The molecule has 1 aromatic carbocycles. The summed E-state index contributed by atoms with van der Waals surface area (Å²) in [5.41, 5.74) is 3.44. The van der Waals surface area contributed by atoms with E-state index in [9.17, 15) is 5.11 Å². The molecule has 0 spiro atoms. The van der Waals surface area contributed by atoms with Crippen LogP contribution in [0.5, 0.6) is 0 Å². The molecule has 102 valence electrons. The van der Waals surface area contributed by atoms with Gasteiger partial charge in [0, 0.05) is 31.4 Å². The molecule has 2 rings (SSSR count). The first-order valence-electron chi connectivity index (χ1n) is 6.56. The molecule has 0 bridgehead atoms. The van der Waals surface area contributed by atoms with E-state index in [2.05, 4.69) is 22.5 Å². The van der Waals surface area contributed by atoms with Gasteiger partial charge in [-0.3, -0.25) is 4.68 Å². The second-order valence-corrected chi connectivity index (χ2v) is 4.86. The van der Waals surface area contributed by atoms with Crippen molar-refractivity contribution in [1.82, 2.24) is 15.1 Å². The van der Waals surface area contributed by atoms with Crippen LogP contribution in [0.1, 0.15) is 16.8 Å². The van der Waals surface area contributed by atoms with Crippen molar-refractivity contribution in [3.63, 3.8) is 0 Å². The quantitative estimate of drug-likeness (QED) is 0.825. The minimum absolute atomic E-state index is 0.0713. The molecule has 2 N–H and O–H groups in total. The van der Waals surface area contributed by atoms with Gasteiger partial charge in [-0.2, -0.15) is 5.10 Å². The Morgan fingerprint density at radius 3 is 2.63 bits per heavy atom. The van der Waals surface area contributed by atoms with E-state index in [1.807, 2.05) is 43.0 Å². The molecule has 0 aliphatic heterocycles. The Balaban J connectivity index is 1.91. The normalized spacial score (nSPS) is 12.6. The summed E-state index contributed by atoms with van der Waals surface area (Å²) in [7, 11) is 1.92. The smallest absolute Gasteiger partial charge is 0.0638 e. The average molecular weight is 259 g/mol. The van der Waals surface area contributed by atoms with Crippen LogP contribution in [0.25, 0.3) is 0 Å². The number of rotatable bonds is 6. The molecule has 4 nitrogen and oxygen atoms in total. The number of nitrogens with one attached hydrogen (secondary N) is 1. The lowest BCUT2D eigenvalue weighted by Gasteiger charge is -2.16. The highest BCUT2D eigenvalue weighted by atomic mass is 16.3. The van der Waals surface area contributed by atoms with Crippen LogP contribution >= 0.6 is 0 Å². The summed E-state index contributed by atoms with van der Waals surface area (Å²) in [6, 6.07) is 10.3. The summed E-state index contributed by atoms with van der Waals surface area (Å²) >= 11 is 0. The molecule has 0 saturated heterocycles. The van der Waals surface area contributed by atoms with Gasteiger partial charge in [0.15, 0.2) is 0 Å². The van der Waals surface area contributed by atoms with Gasteiger partial charge in [0.2, 0.25) is 0 Å². The molecule has 0 fully saturated rings. The maximum Gasteiger partial charge on any atom is 0.0638 e. The summed E-state index contributed by atoms with van der Waals surface area (Å²) in [6.07, 6.45) is 2.84. The zero-order valence-electron chi connectivity index (χ0n) is 11.5. The van der Waals surface area contributed by atoms with E-state index in [0.29, 0.717) is 0 Å². The van der Waals surface area contributed by atoms with Crippen LogP contribution in [-0.4, -0.2) is 27.5 Å². The fraction of sp³-hybridized carbons (Fsp3) is 0.400. The van der Waals surface area contributed by atoms with E-state index in [1.165, 1.54) is 11.1 Å². The number of hydrogen-bond donors (Lipinski definition) is 2. The summed E-state index contributed by atoms with van der Waals surface area (Å²) < 4.78 is 1.82. The molecule has 4 heteroatoms. The summed E-state index contributed by atoms with van der Waals surface area (Å²) in [6.45, 7) is 2.87. The topological polar surface area (TPSA) is 50.1 Å². The third kappa shape index (κ3) is 3.91. The Labute approximate surface area is 114 Å². The van der Waals surface area contributed by atoms with Crippen molar-refractivity contribution < 1.29 is 5.11 Å². The van der Waals surface area contributed by atoms with Gasteiger partial charge in [-0.15, -0.1) is 0 Å². The van der Waals surface area contributed by atoms with E-state index in [-0.39, 0.29) is 12.6 Å². The lowest BCUT2D eigenvalue weighted by Crippen LogP contribution is -2.34. The average Bonchev–Trinajstić information content (AvgIpc) is 2.74. The van der Waals surface area contributed by atoms with Gasteiger partial charge >= 0.3 is 0 Å². The lowest BCUT2D eigenvalue weighted by molar-refractivity contribution is 0.240. The molecule has 0 unspecified atom stereocenters. The number of aryl methyl sites for hydroxylation is 2. The van der Waals surface area contributed by atoms with Gasteiger partial charge in [0.1, 0.15) is 0 Å². The predicted molar refractivity (Wildman–Crippen MR) is 75.8 cm³/mol. The molecular formula is C15H21N3O. The van der Waals surface area contributed by atoms with Crippen molar-refractivity contribution in [1.29, 1.82) is 0 Å². The molecule has 0 radical (unpaired) electrons. The molecule has 0 amide bonds. The van der Waals surface area contributed by atoms with E-state index in [0.717, 1.165) is 18.7 Å². The largest absolute Gasteiger partial charge is 0.395 e. The first-order chi connectivity index (χ1) is 9.19. The predicted octanol–water partition coefficient (Wildman–Crippen LogP) is 1.42. The Morgan fingerprint density at radius 2 is 2.05 bits per heavy atom. The minimum Gasteiger partial charge on any atom is -0.395 e. The highest BCUT2D eigenvalue weighted by molar-refractivity contribution is 5.17. The molecule has 1 heterocycles. The van der Waals surface area contributed by atoms with Gasteiger partial charge in [-0.1, -0.05) is 30.3 Å². The summed E-state index contributed by atoms with van der Waals surface area (Å²) in [5.74, 6) is 0. The van der Waals surface area contributed by atoms with Crippen molar-refractivity contribution in [3.05, 3.63) is 53.3 Å². The molecular weight excluding hydrogens is 238 g/mol. The van der Waals surface area contributed by atoms with Gasteiger partial charge in [0.25, 0.3) is 0 Å².